The number of carbonyl (C=O) groups is 1. The molecule has 0 saturated carbocycles. The number of hydrogen-bond donors (Lipinski definition) is 1. The van der Waals surface area contributed by atoms with E-state index in [1.807, 2.05) is 43.5 Å². The van der Waals surface area contributed by atoms with E-state index in [1.54, 1.807) is 0 Å². The average Bonchev–Trinajstić information content (AvgIpc) is 3.23. The molecule has 0 bridgehead atoms. The van der Waals surface area contributed by atoms with Crippen LogP contribution in [-0.4, -0.2) is 15.4 Å². The maximum absolute atomic E-state index is 10.8. The minimum Gasteiger partial charge on any atom is -0.489 e. The molecule has 4 nitrogen and oxygen atoms in total. The summed E-state index contributed by atoms with van der Waals surface area (Å²) in [5.41, 5.74) is 5.11. The summed E-state index contributed by atoms with van der Waals surface area (Å²) in [6.45, 7) is 4.43. The third-order valence-electron chi connectivity index (χ3n) is 4.29. The summed E-state index contributed by atoms with van der Waals surface area (Å²) in [6, 6.07) is 7.71. The molecule has 1 N–H and O–H groups in total. The third kappa shape index (κ3) is 4.26. The molecule has 2 aromatic heterocycles. The summed E-state index contributed by atoms with van der Waals surface area (Å²) in [7, 11) is 0. The molecule has 0 aliphatic rings. The van der Waals surface area contributed by atoms with E-state index in [4.69, 9.17) is 21.4 Å². The molecule has 0 saturated heterocycles. The van der Waals surface area contributed by atoms with Crippen molar-refractivity contribution in [1.29, 1.82) is 0 Å². The van der Waals surface area contributed by atoms with Crippen molar-refractivity contribution in [2.75, 3.05) is 0 Å². The van der Waals surface area contributed by atoms with Gasteiger partial charge in [-0.05, 0) is 66.7 Å². The molecule has 0 spiro atoms. The van der Waals surface area contributed by atoms with Crippen LogP contribution in [0.2, 0.25) is 4.34 Å². The first-order valence-electron chi connectivity index (χ1n) is 8.08. The second-order valence-corrected chi connectivity index (χ2v) is 8.29. The van der Waals surface area contributed by atoms with Gasteiger partial charge in [0.2, 0.25) is 0 Å². The van der Waals surface area contributed by atoms with Crippen LogP contribution < -0.4 is 4.74 Å². The molecule has 26 heavy (non-hydrogen) atoms. The van der Waals surface area contributed by atoms with Crippen LogP contribution in [0.1, 0.15) is 28.7 Å². The molecule has 0 fully saturated rings. The number of ether oxygens (including phenoxy) is 1. The molecule has 2 heterocycles. The van der Waals surface area contributed by atoms with Crippen molar-refractivity contribution >= 4 is 40.4 Å². The highest BCUT2D eigenvalue weighted by Crippen LogP contribution is 2.34. The van der Waals surface area contributed by atoms with Crippen LogP contribution in [0.15, 0.2) is 29.6 Å². The Morgan fingerprint density at radius 3 is 2.69 bits per heavy atom. The maximum atomic E-state index is 10.8. The van der Waals surface area contributed by atoms with Crippen molar-refractivity contribution in [3.63, 3.8) is 0 Å². The number of aliphatic carboxylic acids is 1. The van der Waals surface area contributed by atoms with Crippen LogP contribution in [0, 0.1) is 13.8 Å². The van der Waals surface area contributed by atoms with Crippen molar-refractivity contribution in [1.82, 2.24) is 4.37 Å². The van der Waals surface area contributed by atoms with E-state index in [0.717, 1.165) is 42.9 Å². The maximum Gasteiger partial charge on any atom is 0.303 e. The number of hydrogen-bond acceptors (Lipinski definition) is 5. The summed E-state index contributed by atoms with van der Waals surface area (Å²) in [5.74, 6) is 0.0245. The normalized spacial score (nSPS) is 10.9. The van der Waals surface area contributed by atoms with Crippen LogP contribution >= 0.6 is 34.5 Å². The van der Waals surface area contributed by atoms with Crippen LogP contribution in [0.3, 0.4) is 0 Å². The lowest BCUT2D eigenvalue weighted by atomic mass is 9.99. The third-order valence-corrected chi connectivity index (χ3v) is 6.21. The summed E-state index contributed by atoms with van der Waals surface area (Å²) in [5, 5.41) is 10.9. The van der Waals surface area contributed by atoms with Gasteiger partial charge in [0.15, 0.2) is 0 Å². The largest absolute Gasteiger partial charge is 0.489 e. The lowest BCUT2D eigenvalue weighted by molar-refractivity contribution is -0.136. The topological polar surface area (TPSA) is 59.4 Å². The van der Waals surface area contributed by atoms with E-state index in [-0.39, 0.29) is 6.42 Å². The summed E-state index contributed by atoms with van der Waals surface area (Å²) in [6.07, 6.45) is 0.661. The van der Waals surface area contributed by atoms with E-state index in [9.17, 15) is 4.79 Å². The van der Waals surface area contributed by atoms with Gasteiger partial charge in [-0.3, -0.25) is 4.79 Å². The Bertz CT molecular complexity index is 933. The van der Waals surface area contributed by atoms with Gasteiger partial charge in [-0.1, -0.05) is 17.7 Å². The van der Waals surface area contributed by atoms with Crippen LogP contribution in [0.4, 0.5) is 0 Å². The van der Waals surface area contributed by atoms with Gasteiger partial charge < -0.3 is 9.84 Å². The Hall–Kier alpha value is -1.89. The molecule has 3 aromatic rings. The predicted octanol–water partition coefficient (Wildman–Crippen LogP) is 5.74. The van der Waals surface area contributed by atoms with Gasteiger partial charge in [-0.15, -0.1) is 11.3 Å². The number of carboxylic acids is 1. The van der Waals surface area contributed by atoms with E-state index in [1.165, 1.54) is 22.9 Å². The van der Waals surface area contributed by atoms with Crippen LogP contribution in [-0.2, 0) is 17.8 Å². The number of halogens is 1. The van der Waals surface area contributed by atoms with Crippen LogP contribution in [0.25, 0.3) is 10.6 Å². The van der Waals surface area contributed by atoms with Crippen molar-refractivity contribution in [3.05, 3.63) is 56.2 Å². The van der Waals surface area contributed by atoms with Gasteiger partial charge in [0.1, 0.15) is 18.1 Å². The molecule has 0 aliphatic heterocycles. The Morgan fingerprint density at radius 2 is 2.00 bits per heavy atom. The smallest absolute Gasteiger partial charge is 0.303 e. The van der Waals surface area contributed by atoms with Crippen molar-refractivity contribution in [3.8, 4) is 16.3 Å². The van der Waals surface area contributed by atoms with E-state index >= 15 is 0 Å². The molecule has 0 radical (unpaired) electrons. The summed E-state index contributed by atoms with van der Waals surface area (Å²) < 4.78 is 11.2. The minimum absolute atomic E-state index is 0.133. The zero-order valence-electron chi connectivity index (χ0n) is 14.4. The monoisotopic (exact) mass is 407 g/mol. The van der Waals surface area contributed by atoms with Crippen LogP contribution in [0.5, 0.6) is 5.75 Å². The molecule has 7 heteroatoms. The number of carboxylic acid groups (broad SMARTS) is 1. The number of aromatic nitrogens is 1. The fourth-order valence-electron chi connectivity index (χ4n) is 2.68. The fraction of sp³-hybridized carbons (Fsp3) is 0.263. The average molecular weight is 408 g/mol. The Balaban J connectivity index is 1.74. The van der Waals surface area contributed by atoms with Gasteiger partial charge in [-0.25, -0.2) is 0 Å². The molecular formula is C19H18ClNO3S2. The van der Waals surface area contributed by atoms with E-state index < -0.39 is 5.97 Å². The Morgan fingerprint density at radius 1 is 1.19 bits per heavy atom. The molecule has 1 aromatic carbocycles. The molecular weight excluding hydrogens is 390 g/mol. The molecule has 0 unspecified atom stereocenters. The molecule has 0 amide bonds. The van der Waals surface area contributed by atoms with Crippen molar-refractivity contribution in [2.24, 2.45) is 0 Å². The SMILES string of the molecule is Cc1c(CCC(=O)O)ccc(OCc2csnc2-c2ccc(Cl)s2)c1C. The second-order valence-electron chi connectivity index (χ2n) is 5.95. The highest BCUT2D eigenvalue weighted by atomic mass is 35.5. The zero-order valence-corrected chi connectivity index (χ0v) is 16.8. The highest BCUT2D eigenvalue weighted by molar-refractivity contribution is 7.19. The predicted molar refractivity (Wildman–Crippen MR) is 107 cm³/mol. The first kappa shape index (κ1) is 18.9. The zero-order chi connectivity index (χ0) is 18.7. The first-order chi connectivity index (χ1) is 12.5. The number of thiophene rings is 1. The number of benzene rings is 1. The highest BCUT2D eigenvalue weighted by Gasteiger charge is 2.13. The van der Waals surface area contributed by atoms with Crippen molar-refractivity contribution < 1.29 is 14.6 Å². The van der Waals surface area contributed by atoms with Gasteiger partial charge in [0, 0.05) is 17.4 Å². The molecule has 0 aliphatic carbocycles. The standard InChI is InChI=1S/C19H18ClNO3S2/c1-11-12(2)15(5-3-13(11)4-8-18(22)23)24-9-14-10-25-21-19(14)16-6-7-17(20)26-16/h3,5-7,10H,4,8-9H2,1-2H3,(H,22,23). The lowest BCUT2D eigenvalue weighted by Gasteiger charge is -2.14. The fourth-order valence-corrected chi connectivity index (χ4v) is 4.49. The first-order valence-corrected chi connectivity index (χ1v) is 10.1. The van der Waals surface area contributed by atoms with E-state index in [0.29, 0.717) is 13.0 Å². The number of nitrogens with zero attached hydrogens (tertiary/aromatic N) is 1. The van der Waals surface area contributed by atoms with Gasteiger partial charge >= 0.3 is 5.97 Å². The molecule has 0 atom stereocenters. The van der Waals surface area contributed by atoms with Gasteiger partial charge in [-0.2, -0.15) is 4.37 Å². The Kier molecular flexibility index (Phi) is 5.96. The summed E-state index contributed by atoms with van der Waals surface area (Å²) >= 11 is 8.93. The van der Waals surface area contributed by atoms with E-state index in [2.05, 4.69) is 4.37 Å². The number of rotatable bonds is 7. The number of aryl methyl sites for hydroxylation is 1. The molecule has 3 rings (SSSR count). The van der Waals surface area contributed by atoms with Gasteiger partial charge in [0.25, 0.3) is 0 Å². The molecule has 136 valence electrons. The van der Waals surface area contributed by atoms with Gasteiger partial charge in [0.05, 0.1) is 9.21 Å². The minimum atomic E-state index is -0.784. The summed E-state index contributed by atoms with van der Waals surface area (Å²) in [4.78, 5) is 11.8. The second kappa shape index (κ2) is 8.20. The lowest BCUT2D eigenvalue weighted by Crippen LogP contribution is -2.03. The Labute approximate surface area is 165 Å². The van der Waals surface area contributed by atoms with Crippen molar-refractivity contribution in [2.45, 2.75) is 33.3 Å². The quantitative estimate of drug-likeness (QED) is 0.542.